The van der Waals surface area contributed by atoms with Crippen molar-refractivity contribution in [3.8, 4) is 5.75 Å². The Labute approximate surface area is 157 Å². The van der Waals surface area contributed by atoms with Crippen LogP contribution in [0.15, 0.2) is 48.7 Å². The summed E-state index contributed by atoms with van der Waals surface area (Å²) in [5.41, 5.74) is 4.38. The lowest BCUT2D eigenvalue weighted by Gasteiger charge is -2.37. The van der Waals surface area contributed by atoms with E-state index in [1.165, 1.54) is 16.5 Å². The van der Waals surface area contributed by atoms with Gasteiger partial charge >= 0.3 is 0 Å². The summed E-state index contributed by atoms with van der Waals surface area (Å²) < 4.78 is 5.71. The van der Waals surface area contributed by atoms with Gasteiger partial charge in [0.25, 0.3) is 5.91 Å². The van der Waals surface area contributed by atoms with E-state index in [1.807, 2.05) is 12.1 Å². The summed E-state index contributed by atoms with van der Waals surface area (Å²) in [6, 6.07) is 14.4. The Morgan fingerprint density at radius 1 is 1.00 bits per heavy atom. The fraction of sp³-hybridized carbons (Fsp3) is 0.286. The van der Waals surface area contributed by atoms with E-state index < -0.39 is 0 Å². The number of nitrogens with one attached hydrogen (secondary N) is 2. The molecule has 1 saturated heterocycles. The second-order valence-corrected chi connectivity index (χ2v) is 7.11. The number of piperazine rings is 1. The van der Waals surface area contributed by atoms with Crippen molar-refractivity contribution in [1.82, 2.24) is 9.88 Å². The van der Waals surface area contributed by atoms with Crippen LogP contribution in [0.3, 0.4) is 0 Å². The molecule has 2 aliphatic rings. The van der Waals surface area contributed by atoms with E-state index in [0.29, 0.717) is 0 Å². The van der Waals surface area contributed by atoms with Gasteiger partial charge in [-0.25, -0.2) is 0 Å². The number of benzene rings is 2. The number of carbonyl (C=O) groups excluding carboxylic acids is 1. The largest absolute Gasteiger partial charge is 0.479 e. The van der Waals surface area contributed by atoms with Gasteiger partial charge in [-0.3, -0.25) is 9.69 Å². The van der Waals surface area contributed by atoms with Gasteiger partial charge in [0.05, 0.1) is 11.4 Å². The maximum atomic E-state index is 11.5. The van der Waals surface area contributed by atoms with Crippen molar-refractivity contribution in [1.29, 1.82) is 0 Å². The van der Waals surface area contributed by atoms with Crippen molar-refractivity contribution in [3.63, 3.8) is 0 Å². The maximum absolute atomic E-state index is 11.5. The zero-order valence-corrected chi connectivity index (χ0v) is 15.1. The number of hydrogen-bond acceptors (Lipinski definition) is 4. The predicted molar refractivity (Wildman–Crippen MR) is 106 cm³/mol. The molecule has 2 aromatic carbocycles. The third kappa shape index (κ3) is 3.02. The molecule has 0 aliphatic carbocycles. The molecule has 138 valence electrons. The first-order valence-electron chi connectivity index (χ1n) is 9.36. The third-order valence-electron chi connectivity index (χ3n) is 5.40. The van der Waals surface area contributed by atoms with Crippen molar-refractivity contribution in [3.05, 3.63) is 54.2 Å². The van der Waals surface area contributed by atoms with Crippen molar-refractivity contribution in [2.75, 3.05) is 43.0 Å². The van der Waals surface area contributed by atoms with Crippen molar-refractivity contribution in [2.45, 2.75) is 6.54 Å². The van der Waals surface area contributed by atoms with E-state index >= 15 is 0 Å². The summed E-state index contributed by atoms with van der Waals surface area (Å²) in [4.78, 5) is 19.7. The number of H-pyrrole nitrogens is 1. The van der Waals surface area contributed by atoms with E-state index in [2.05, 4.69) is 56.6 Å². The number of nitrogens with zero attached hydrogens (tertiary/aromatic N) is 2. The molecule has 0 saturated carbocycles. The molecule has 5 rings (SSSR count). The Morgan fingerprint density at radius 3 is 2.74 bits per heavy atom. The molecule has 2 aliphatic heterocycles. The van der Waals surface area contributed by atoms with Gasteiger partial charge < -0.3 is 19.9 Å². The van der Waals surface area contributed by atoms with Crippen molar-refractivity contribution < 1.29 is 9.53 Å². The number of anilines is 2. The van der Waals surface area contributed by atoms with Crippen LogP contribution in [0.2, 0.25) is 0 Å². The maximum Gasteiger partial charge on any atom is 0.262 e. The third-order valence-corrected chi connectivity index (χ3v) is 5.40. The van der Waals surface area contributed by atoms with Gasteiger partial charge in [-0.05, 0) is 23.8 Å². The molecule has 27 heavy (non-hydrogen) atoms. The highest BCUT2D eigenvalue weighted by atomic mass is 16.5. The number of hydrogen-bond donors (Lipinski definition) is 2. The van der Waals surface area contributed by atoms with Crippen LogP contribution in [0, 0.1) is 0 Å². The average molecular weight is 362 g/mol. The first-order valence-corrected chi connectivity index (χ1v) is 9.36. The summed E-state index contributed by atoms with van der Waals surface area (Å²) in [7, 11) is 0. The highest BCUT2D eigenvalue weighted by Gasteiger charge is 2.25. The number of aromatic nitrogens is 1. The lowest BCUT2D eigenvalue weighted by Crippen LogP contribution is -2.46. The molecule has 0 bridgehead atoms. The average Bonchev–Trinajstić information content (AvgIpc) is 3.11. The lowest BCUT2D eigenvalue weighted by molar-refractivity contribution is -0.118. The first kappa shape index (κ1) is 16.2. The van der Waals surface area contributed by atoms with Crippen LogP contribution < -0.4 is 15.0 Å². The van der Waals surface area contributed by atoms with Gasteiger partial charge in [0.2, 0.25) is 0 Å². The number of carbonyl (C=O) groups is 1. The van der Waals surface area contributed by atoms with Crippen LogP contribution in [0.1, 0.15) is 5.56 Å². The second-order valence-electron chi connectivity index (χ2n) is 7.11. The fourth-order valence-electron chi connectivity index (χ4n) is 4.00. The molecule has 6 heteroatoms. The molecule has 1 amide bonds. The number of rotatable bonds is 3. The summed E-state index contributed by atoms with van der Waals surface area (Å²) >= 11 is 0. The first-order chi connectivity index (χ1) is 13.3. The Kier molecular flexibility index (Phi) is 3.98. The molecule has 0 unspecified atom stereocenters. The predicted octanol–water partition coefficient (Wildman–Crippen LogP) is 2.82. The van der Waals surface area contributed by atoms with Gasteiger partial charge in [0, 0.05) is 49.8 Å². The Hall–Kier alpha value is -2.99. The van der Waals surface area contributed by atoms with Gasteiger partial charge in [0.15, 0.2) is 12.4 Å². The minimum Gasteiger partial charge on any atom is -0.479 e. The van der Waals surface area contributed by atoms with Crippen LogP contribution in [0.5, 0.6) is 5.75 Å². The van der Waals surface area contributed by atoms with E-state index in [0.717, 1.165) is 49.8 Å². The Balaban J connectivity index is 1.28. The van der Waals surface area contributed by atoms with Crippen LogP contribution in [0.4, 0.5) is 11.4 Å². The summed E-state index contributed by atoms with van der Waals surface area (Å²) in [5.74, 6) is 0.699. The molecule has 3 heterocycles. The minimum atomic E-state index is -0.0943. The molecule has 2 N–H and O–H groups in total. The monoisotopic (exact) mass is 362 g/mol. The van der Waals surface area contributed by atoms with E-state index in [1.54, 1.807) is 0 Å². The number of amides is 1. The zero-order chi connectivity index (χ0) is 18.2. The molecule has 0 radical (unpaired) electrons. The van der Waals surface area contributed by atoms with Crippen molar-refractivity contribution in [2.24, 2.45) is 0 Å². The van der Waals surface area contributed by atoms with Crippen molar-refractivity contribution >= 4 is 28.2 Å². The highest BCUT2D eigenvalue weighted by Crippen LogP contribution is 2.38. The van der Waals surface area contributed by atoms with E-state index in [-0.39, 0.29) is 12.5 Å². The van der Waals surface area contributed by atoms with Gasteiger partial charge in [-0.15, -0.1) is 0 Å². The molecule has 0 spiro atoms. The number of fused-ring (bicyclic) bond motifs is 2. The summed E-state index contributed by atoms with van der Waals surface area (Å²) in [5, 5.41) is 4.20. The topological polar surface area (TPSA) is 60.6 Å². The molecule has 6 nitrogen and oxygen atoms in total. The molecule has 1 fully saturated rings. The van der Waals surface area contributed by atoms with Gasteiger partial charge in [-0.2, -0.15) is 0 Å². The summed E-state index contributed by atoms with van der Waals surface area (Å²) in [6.45, 7) is 4.92. The van der Waals surface area contributed by atoms with E-state index in [9.17, 15) is 4.79 Å². The number of para-hydroxylation sites is 2. The van der Waals surface area contributed by atoms with E-state index in [4.69, 9.17) is 4.74 Å². The van der Waals surface area contributed by atoms with Crippen LogP contribution in [-0.4, -0.2) is 48.6 Å². The summed E-state index contributed by atoms with van der Waals surface area (Å²) in [6.07, 6.45) is 2.13. The molecule has 0 atom stereocenters. The number of ether oxygens (including phenoxy) is 1. The molecule has 3 aromatic rings. The molecular weight excluding hydrogens is 340 g/mol. The smallest absolute Gasteiger partial charge is 0.262 e. The fourth-order valence-corrected chi connectivity index (χ4v) is 4.00. The second kappa shape index (κ2) is 6.63. The van der Waals surface area contributed by atoms with Crippen LogP contribution in [0.25, 0.3) is 10.9 Å². The normalized spacial score (nSPS) is 17.5. The lowest BCUT2D eigenvalue weighted by atomic mass is 10.1. The van der Waals surface area contributed by atoms with Crippen LogP contribution in [-0.2, 0) is 11.3 Å². The zero-order valence-electron chi connectivity index (χ0n) is 15.1. The van der Waals surface area contributed by atoms with Gasteiger partial charge in [-0.1, -0.05) is 24.3 Å². The minimum absolute atomic E-state index is 0.0878. The highest BCUT2D eigenvalue weighted by molar-refractivity contribution is 5.97. The molecule has 1 aromatic heterocycles. The van der Waals surface area contributed by atoms with Crippen LogP contribution >= 0.6 is 0 Å². The SMILES string of the molecule is O=C1COc2c(cccc2N2CCN(Cc3c[nH]c4ccccc34)CC2)N1. The Morgan fingerprint density at radius 2 is 1.85 bits per heavy atom. The van der Waals surface area contributed by atoms with Gasteiger partial charge in [0.1, 0.15) is 0 Å². The standard InChI is InChI=1S/C21H22N4O2/c26-20-14-27-21-18(23-20)6-3-7-19(21)25-10-8-24(9-11-25)13-15-12-22-17-5-2-1-4-16(15)17/h1-7,12,22H,8-11,13-14H2,(H,23,26). The quantitative estimate of drug-likeness (QED) is 0.752. The number of aromatic amines is 1. The molecular formula is C21H22N4O2. The Bertz CT molecular complexity index is 989.